The summed E-state index contributed by atoms with van der Waals surface area (Å²) in [4.78, 5) is 0.195. The first-order valence-corrected chi connectivity index (χ1v) is 7.87. The van der Waals surface area contributed by atoms with Crippen molar-refractivity contribution >= 4 is 11.6 Å². The van der Waals surface area contributed by atoms with Crippen LogP contribution in [0.2, 0.25) is 0 Å². The number of rotatable bonds is 1. The lowest BCUT2D eigenvalue weighted by molar-refractivity contribution is -0.159. The van der Waals surface area contributed by atoms with Gasteiger partial charge >= 0.3 is 0 Å². The zero-order valence-corrected chi connectivity index (χ0v) is 12.6. The summed E-state index contributed by atoms with van der Waals surface area (Å²) < 4.78 is 0. The van der Waals surface area contributed by atoms with Crippen LogP contribution in [0.1, 0.15) is 66.2 Å². The molecule has 17 heavy (non-hydrogen) atoms. The third-order valence-electron chi connectivity index (χ3n) is 6.55. The Morgan fingerprint density at radius 2 is 1.59 bits per heavy atom. The second-order valence-corrected chi connectivity index (χ2v) is 8.94. The molecule has 0 aromatic rings. The van der Waals surface area contributed by atoms with Gasteiger partial charge in [-0.25, -0.2) is 0 Å². The van der Waals surface area contributed by atoms with E-state index in [9.17, 15) is 0 Å². The number of hydrogen-bond acceptors (Lipinski definition) is 0. The maximum atomic E-state index is 6.87. The molecule has 0 amide bonds. The van der Waals surface area contributed by atoms with Crippen LogP contribution in [0.15, 0.2) is 0 Å². The molecule has 0 radical (unpaired) electrons. The molecule has 0 spiro atoms. The van der Waals surface area contributed by atoms with Gasteiger partial charge < -0.3 is 0 Å². The van der Waals surface area contributed by atoms with E-state index in [0.29, 0.717) is 10.8 Å². The summed E-state index contributed by atoms with van der Waals surface area (Å²) in [5.74, 6) is 2.75. The van der Waals surface area contributed by atoms with Gasteiger partial charge in [0.1, 0.15) is 0 Å². The van der Waals surface area contributed by atoms with E-state index in [-0.39, 0.29) is 4.87 Å². The molecule has 2 atom stereocenters. The maximum Gasteiger partial charge on any atom is 0.0455 e. The maximum absolute atomic E-state index is 6.87. The first-order valence-electron chi connectivity index (χ1n) is 7.50. The summed E-state index contributed by atoms with van der Waals surface area (Å²) in [5, 5.41) is 0. The first-order chi connectivity index (χ1) is 7.81. The van der Waals surface area contributed by atoms with E-state index >= 15 is 0 Å². The molecule has 0 aromatic carbocycles. The summed E-state index contributed by atoms with van der Waals surface area (Å²) in [5.41, 5.74) is 1.01. The molecule has 4 saturated carbocycles. The van der Waals surface area contributed by atoms with Crippen LogP contribution in [0.5, 0.6) is 0 Å². The molecule has 0 nitrogen and oxygen atoms in total. The fourth-order valence-electron chi connectivity index (χ4n) is 6.34. The average molecular weight is 255 g/mol. The second-order valence-electron chi connectivity index (χ2n) is 8.14. The van der Waals surface area contributed by atoms with Gasteiger partial charge in [0.15, 0.2) is 0 Å². The highest BCUT2D eigenvalue weighted by Crippen LogP contribution is 2.70. The van der Waals surface area contributed by atoms with Crippen molar-refractivity contribution in [3.63, 3.8) is 0 Å². The highest BCUT2D eigenvalue weighted by molar-refractivity contribution is 6.24. The standard InChI is InChI=1S/C16H27Cl/c1-5-16(14(2,3)4)12-6-11-7-13(16)10-15(17,8-11)9-12/h11-13H,5-10H2,1-4H3. The molecule has 0 heterocycles. The average Bonchev–Trinajstić information content (AvgIpc) is 2.12. The van der Waals surface area contributed by atoms with Crippen molar-refractivity contribution in [1.82, 2.24) is 0 Å². The Morgan fingerprint density at radius 1 is 1.06 bits per heavy atom. The van der Waals surface area contributed by atoms with Crippen LogP contribution in [-0.2, 0) is 0 Å². The molecule has 0 N–H and O–H groups in total. The molecule has 0 saturated heterocycles. The minimum absolute atomic E-state index is 0.195. The molecule has 4 fully saturated rings. The van der Waals surface area contributed by atoms with Gasteiger partial charge in [0, 0.05) is 4.87 Å². The van der Waals surface area contributed by atoms with Gasteiger partial charge in [-0.3, -0.25) is 0 Å². The second kappa shape index (κ2) is 3.44. The lowest BCUT2D eigenvalue weighted by atomic mass is 9.39. The smallest absolute Gasteiger partial charge is 0.0455 e. The van der Waals surface area contributed by atoms with Crippen molar-refractivity contribution in [2.75, 3.05) is 0 Å². The van der Waals surface area contributed by atoms with E-state index in [0.717, 1.165) is 17.8 Å². The van der Waals surface area contributed by atoms with Crippen LogP contribution in [0.4, 0.5) is 0 Å². The zero-order valence-electron chi connectivity index (χ0n) is 11.9. The van der Waals surface area contributed by atoms with Gasteiger partial charge in [0.05, 0.1) is 0 Å². The lowest BCUT2D eigenvalue weighted by Gasteiger charge is -2.68. The molecule has 4 aliphatic rings. The summed E-state index contributed by atoms with van der Waals surface area (Å²) in [6.07, 6.45) is 8.20. The van der Waals surface area contributed by atoms with Crippen LogP contribution < -0.4 is 0 Å². The number of alkyl halides is 1. The highest BCUT2D eigenvalue weighted by Gasteiger charge is 2.64. The Morgan fingerprint density at radius 3 is 1.94 bits per heavy atom. The van der Waals surface area contributed by atoms with Gasteiger partial charge in [-0.1, -0.05) is 27.7 Å². The summed E-state index contributed by atoms with van der Waals surface area (Å²) in [6, 6.07) is 0. The predicted octanol–water partition coefficient (Wildman–Crippen LogP) is 5.25. The molecule has 98 valence electrons. The monoisotopic (exact) mass is 254 g/mol. The van der Waals surface area contributed by atoms with E-state index in [1.807, 2.05) is 0 Å². The van der Waals surface area contributed by atoms with Gasteiger partial charge in [0.2, 0.25) is 0 Å². The lowest BCUT2D eigenvalue weighted by Crippen LogP contribution is -2.62. The van der Waals surface area contributed by atoms with Crippen molar-refractivity contribution in [3.8, 4) is 0 Å². The first kappa shape index (κ1) is 12.3. The van der Waals surface area contributed by atoms with Crippen LogP contribution in [0.3, 0.4) is 0 Å². The largest absolute Gasteiger partial charge is 0.119 e. The zero-order chi connectivity index (χ0) is 12.5. The Labute approximate surface area is 111 Å². The summed E-state index contributed by atoms with van der Waals surface area (Å²) in [6.45, 7) is 9.84. The molecular formula is C16H27Cl. The minimum Gasteiger partial charge on any atom is -0.119 e. The van der Waals surface area contributed by atoms with E-state index < -0.39 is 0 Å². The van der Waals surface area contributed by atoms with Crippen molar-refractivity contribution in [2.45, 2.75) is 71.1 Å². The molecule has 2 unspecified atom stereocenters. The van der Waals surface area contributed by atoms with Gasteiger partial charge in [-0.2, -0.15) is 0 Å². The van der Waals surface area contributed by atoms with Crippen LogP contribution in [0, 0.1) is 28.6 Å². The summed E-state index contributed by atoms with van der Waals surface area (Å²) in [7, 11) is 0. The predicted molar refractivity (Wildman–Crippen MR) is 74.3 cm³/mol. The Kier molecular flexibility index (Phi) is 2.49. The SMILES string of the molecule is CCC1(C(C)(C)C)C2CC3CC1CC(Cl)(C3)C2. The molecule has 4 aliphatic carbocycles. The Bertz CT molecular complexity index is 309. The topological polar surface area (TPSA) is 0 Å². The van der Waals surface area contributed by atoms with Crippen molar-refractivity contribution in [3.05, 3.63) is 0 Å². The van der Waals surface area contributed by atoms with E-state index in [2.05, 4.69) is 27.7 Å². The van der Waals surface area contributed by atoms with E-state index in [1.54, 1.807) is 0 Å². The molecule has 4 rings (SSSR count). The quantitative estimate of drug-likeness (QED) is 0.561. The number of hydrogen-bond donors (Lipinski definition) is 0. The Balaban J connectivity index is 2.03. The van der Waals surface area contributed by atoms with Crippen LogP contribution in [0.25, 0.3) is 0 Å². The van der Waals surface area contributed by atoms with Gasteiger partial charge in [0.25, 0.3) is 0 Å². The molecule has 1 heteroatoms. The van der Waals surface area contributed by atoms with Crippen molar-refractivity contribution in [2.24, 2.45) is 28.6 Å². The normalized spacial score (nSPS) is 53.1. The fraction of sp³-hybridized carbons (Fsp3) is 1.00. The molecular weight excluding hydrogens is 228 g/mol. The number of halogens is 1. The third kappa shape index (κ3) is 1.49. The molecule has 4 bridgehead atoms. The molecule has 0 aliphatic heterocycles. The van der Waals surface area contributed by atoms with E-state index in [1.165, 1.54) is 38.5 Å². The molecule has 0 aromatic heterocycles. The fourth-order valence-corrected chi connectivity index (χ4v) is 6.93. The third-order valence-corrected chi connectivity index (χ3v) is 7.02. The highest BCUT2D eigenvalue weighted by atomic mass is 35.5. The van der Waals surface area contributed by atoms with Crippen molar-refractivity contribution < 1.29 is 0 Å². The van der Waals surface area contributed by atoms with Crippen molar-refractivity contribution in [1.29, 1.82) is 0 Å². The summed E-state index contributed by atoms with van der Waals surface area (Å²) >= 11 is 6.87. The van der Waals surface area contributed by atoms with Gasteiger partial charge in [-0.05, 0) is 67.1 Å². The van der Waals surface area contributed by atoms with E-state index in [4.69, 9.17) is 11.6 Å². The Hall–Kier alpha value is 0.290. The minimum atomic E-state index is 0.195. The van der Waals surface area contributed by atoms with Gasteiger partial charge in [-0.15, -0.1) is 11.6 Å². The van der Waals surface area contributed by atoms with Crippen LogP contribution in [-0.4, -0.2) is 4.87 Å². The van der Waals surface area contributed by atoms with Crippen LogP contribution >= 0.6 is 11.6 Å².